The van der Waals surface area contributed by atoms with Crippen molar-refractivity contribution < 1.29 is 30.3 Å². The monoisotopic (exact) mass is 460 g/mol. The number of fused-ring (bicyclic) bond motifs is 5. The van der Waals surface area contributed by atoms with E-state index >= 15 is 0 Å². The predicted octanol–water partition coefficient (Wildman–Crippen LogP) is 2.58. The van der Waals surface area contributed by atoms with Crippen LogP contribution in [0.4, 0.5) is 0 Å². The Kier molecular flexibility index (Phi) is 5.90. The van der Waals surface area contributed by atoms with Crippen molar-refractivity contribution >= 4 is 5.78 Å². The predicted molar refractivity (Wildman–Crippen MR) is 125 cm³/mol. The Labute approximate surface area is 196 Å². The molecule has 4 aliphatic carbocycles. The molecule has 0 aromatic carbocycles. The van der Waals surface area contributed by atoms with Crippen LogP contribution in [0.2, 0.25) is 0 Å². The number of carbonyl (C=O) groups is 1. The van der Waals surface area contributed by atoms with E-state index in [2.05, 4.69) is 12.7 Å². The van der Waals surface area contributed by atoms with Gasteiger partial charge < -0.3 is 25.5 Å². The summed E-state index contributed by atoms with van der Waals surface area (Å²) in [5, 5.41) is 55.2. The van der Waals surface area contributed by atoms with E-state index in [9.17, 15) is 30.3 Å². The van der Waals surface area contributed by atoms with E-state index in [4.69, 9.17) is 0 Å². The number of ketones is 1. The minimum atomic E-state index is -1.41. The van der Waals surface area contributed by atoms with Crippen LogP contribution < -0.4 is 0 Å². The topological polar surface area (TPSA) is 118 Å². The van der Waals surface area contributed by atoms with Crippen molar-refractivity contribution in [2.75, 3.05) is 0 Å². The molecule has 6 heteroatoms. The molecule has 6 nitrogen and oxygen atoms in total. The molecular weight excluding hydrogens is 420 g/mol. The van der Waals surface area contributed by atoms with E-state index in [0.717, 1.165) is 11.1 Å². The van der Waals surface area contributed by atoms with Crippen LogP contribution in [0.1, 0.15) is 72.6 Å². The summed E-state index contributed by atoms with van der Waals surface area (Å²) in [4.78, 5) is 13.2. The molecule has 0 spiro atoms. The van der Waals surface area contributed by atoms with Gasteiger partial charge in [-0.3, -0.25) is 4.79 Å². The van der Waals surface area contributed by atoms with Gasteiger partial charge in [-0.05, 0) is 81.9 Å². The Morgan fingerprint density at radius 3 is 2.58 bits per heavy atom. The molecule has 0 aromatic heterocycles. The van der Waals surface area contributed by atoms with Crippen molar-refractivity contribution in [1.29, 1.82) is 0 Å². The molecule has 0 aromatic rings. The van der Waals surface area contributed by atoms with E-state index in [-0.39, 0.29) is 24.5 Å². The minimum absolute atomic E-state index is 0.120. The van der Waals surface area contributed by atoms with Gasteiger partial charge in [0.15, 0.2) is 5.78 Å². The lowest BCUT2D eigenvalue weighted by atomic mass is 9.49. The molecule has 0 unspecified atom stereocenters. The van der Waals surface area contributed by atoms with Crippen LogP contribution in [0.3, 0.4) is 0 Å². The van der Waals surface area contributed by atoms with Gasteiger partial charge in [-0.15, -0.1) is 6.58 Å². The van der Waals surface area contributed by atoms with E-state index in [1.807, 2.05) is 20.8 Å². The molecule has 9 atom stereocenters. The highest BCUT2D eigenvalue weighted by Crippen LogP contribution is 2.66. The first-order chi connectivity index (χ1) is 15.2. The van der Waals surface area contributed by atoms with Crippen LogP contribution in [0, 0.1) is 22.7 Å². The first-order valence-corrected chi connectivity index (χ1v) is 12.3. The zero-order chi connectivity index (χ0) is 24.6. The van der Waals surface area contributed by atoms with Gasteiger partial charge in [-0.25, -0.2) is 0 Å². The molecule has 4 rings (SSSR count). The van der Waals surface area contributed by atoms with E-state index < -0.39 is 46.3 Å². The second kappa shape index (κ2) is 7.85. The fourth-order valence-corrected chi connectivity index (χ4v) is 7.57. The van der Waals surface area contributed by atoms with Crippen LogP contribution in [0.15, 0.2) is 35.5 Å². The van der Waals surface area contributed by atoms with Crippen molar-refractivity contribution in [3.8, 4) is 0 Å². The summed E-state index contributed by atoms with van der Waals surface area (Å²) in [5.74, 6) is -0.915. The molecule has 0 amide bonds. The maximum Gasteiger partial charge on any atom is 0.160 e. The second-order valence-corrected chi connectivity index (χ2v) is 11.9. The summed E-state index contributed by atoms with van der Waals surface area (Å²) in [6, 6.07) is 0. The third-order valence-electron chi connectivity index (χ3n) is 9.77. The van der Waals surface area contributed by atoms with Gasteiger partial charge in [0.25, 0.3) is 0 Å². The molecule has 2 fully saturated rings. The molecule has 0 saturated heterocycles. The number of rotatable bonds is 5. The van der Waals surface area contributed by atoms with Crippen molar-refractivity contribution in [1.82, 2.24) is 0 Å². The molecule has 0 bridgehead atoms. The quantitative estimate of drug-likeness (QED) is 0.403. The van der Waals surface area contributed by atoms with Gasteiger partial charge in [0, 0.05) is 16.7 Å². The molecule has 184 valence electrons. The van der Waals surface area contributed by atoms with Crippen LogP contribution in [-0.4, -0.2) is 60.8 Å². The van der Waals surface area contributed by atoms with Gasteiger partial charge in [0.05, 0.1) is 29.5 Å². The standard InChI is InChI=1S/C27H40O6/c1-15(2)6-7-23(31)26(5,32)22-9-11-27(33)17-12-19(28)18-13-20(29)21(30)14-24(18,3)16(17)8-10-25(22,27)4/h8,12,18,20-23,29-33H,1,6-7,9-11,13-14H2,2-5H3/t18-,20+,21-,22-,23+,24+,25+,26+,27+/m0/s1. The number of carbonyl (C=O) groups excluding carboxylic acids is 1. The number of aliphatic hydroxyl groups excluding tert-OH is 3. The summed E-state index contributed by atoms with van der Waals surface area (Å²) in [6.07, 6.45) is 3.72. The molecular formula is C27H40O6. The Balaban J connectivity index is 1.72. The zero-order valence-corrected chi connectivity index (χ0v) is 20.3. The third-order valence-corrected chi connectivity index (χ3v) is 9.77. The van der Waals surface area contributed by atoms with E-state index in [1.54, 1.807) is 13.0 Å². The molecule has 0 aliphatic heterocycles. The SMILES string of the molecule is C=C(C)CC[C@@H](O)[C@](C)(O)[C@H]1CC[C@@]2(O)C3=CC(=O)[C@@H]4C[C@@H](O)[C@@H](O)C[C@]4(C)C3=CC[C@]12C. The number of hydrogen-bond donors (Lipinski definition) is 5. The van der Waals surface area contributed by atoms with Crippen LogP contribution in [-0.2, 0) is 4.79 Å². The lowest BCUT2D eigenvalue weighted by Gasteiger charge is -2.57. The number of aliphatic hydroxyl groups is 5. The fourth-order valence-electron chi connectivity index (χ4n) is 7.57. The highest BCUT2D eigenvalue weighted by Gasteiger charge is 2.67. The van der Waals surface area contributed by atoms with Gasteiger partial charge in [-0.1, -0.05) is 25.5 Å². The Bertz CT molecular complexity index is 918. The normalized spacial score (nSPS) is 45.2. The highest BCUT2D eigenvalue weighted by atomic mass is 16.3. The molecule has 4 aliphatic rings. The summed E-state index contributed by atoms with van der Waals surface area (Å²) >= 11 is 0. The summed E-state index contributed by atoms with van der Waals surface area (Å²) in [6.45, 7) is 11.4. The maximum absolute atomic E-state index is 13.2. The Hall–Kier alpha value is -1.31. The summed E-state index contributed by atoms with van der Waals surface area (Å²) in [7, 11) is 0. The first kappa shape index (κ1) is 24.8. The van der Waals surface area contributed by atoms with E-state index in [1.165, 1.54) is 0 Å². The minimum Gasteiger partial charge on any atom is -0.390 e. The highest BCUT2D eigenvalue weighted by molar-refractivity contribution is 5.97. The smallest absolute Gasteiger partial charge is 0.160 e. The summed E-state index contributed by atoms with van der Waals surface area (Å²) in [5.41, 5.74) is -1.70. The number of hydrogen-bond acceptors (Lipinski definition) is 6. The largest absolute Gasteiger partial charge is 0.390 e. The summed E-state index contributed by atoms with van der Waals surface area (Å²) < 4.78 is 0. The van der Waals surface area contributed by atoms with Crippen LogP contribution in [0.25, 0.3) is 0 Å². The van der Waals surface area contributed by atoms with Gasteiger partial charge in [0.2, 0.25) is 0 Å². The van der Waals surface area contributed by atoms with Crippen molar-refractivity contribution in [2.45, 2.75) is 102 Å². The van der Waals surface area contributed by atoms with Crippen LogP contribution >= 0.6 is 0 Å². The molecule has 0 heterocycles. The van der Waals surface area contributed by atoms with E-state index in [0.29, 0.717) is 37.7 Å². The lowest BCUT2D eigenvalue weighted by Crippen LogP contribution is -2.59. The van der Waals surface area contributed by atoms with Crippen molar-refractivity contribution in [2.24, 2.45) is 22.7 Å². The molecule has 2 saturated carbocycles. The van der Waals surface area contributed by atoms with Crippen molar-refractivity contribution in [3.05, 3.63) is 35.5 Å². The van der Waals surface area contributed by atoms with Crippen molar-refractivity contribution in [3.63, 3.8) is 0 Å². The average molecular weight is 461 g/mol. The van der Waals surface area contributed by atoms with Gasteiger partial charge >= 0.3 is 0 Å². The number of allylic oxidation sites excluding steroid dienone is 3. The molecule has 33 heavy (non-hydrogen) atoms. The lowest BCUT2D eigenvalue weighted by molar-refractivity contribution is -0.154. The second-order valence-electron chi connectivity index (χ2n) is 11.9. The van der Waals surface area contributed by atoms with Gasteiger partial charge in [0.1, 0.15) is 0 Å². The maximum atomic E-state index is 13.2. The Morgan fingerprint density at radius 2 is 1.94 bits per heavy atom. The van der Waals surface area contributed by atoms with Crippen LogP contribution in [0.5, 0.6) is 0 Å². The first-order valence-electron chi connectivity index (χ1n) is 12.3. The van der Waals surface area contributed by atoms with Gasteiger partial charge in [-0.2, -0.15) is 0 Å². The molecule has 0 radical (unpaired) electrons. The zero-order valence-electron chi connectivity index (χ0n) is 20.3. The molecule has 5 N–H and O–H groups in total. The Morgan fingerprint density at radius 1 is 1.27 bits per heavy atom. The fraction of sp³-hybridized carbons (Fsp3) is 0.741. The average Bonchev–Trinajstić information content (AvgIpc) is 3.00. The third kappa shape index (κ3) is 3.44.